The molecule has 2 aromatic rings. The third-order valence-corrected chi connectivity index (χ3v) is 4.99. The van der Waals surface area contributed by atoms with Crippen molar-refractivity contribution in [3.8, 4) is 0 Å². The first-order valence-corrected chi connectivity index (χ1v) is 9.00. The Hall–Kier alpha value is -1.30. The predicted molar refractivity (Wildman–Crippen MR) is 89.9 cm³/mol. The van der Waals surface area contributed by atoms with Crippen LogP contribution in [0.15, 0.2) is 41.7 Å². The highest BCUT2D eigenvalue weighted by Crippen LogP contribution is 2.23. The van der Waals surface area contributed by atoms with E-state index in [1.54, 1.807) is 6.33 Å². The first-order valence-electron chi connectivity index (χ1n) is 7.78. The highest BCUT2D eigenvalue weighted by Gasteiger charge is 2.20. The van der Waals surface area contributed by atoms with Gasteiger partial charge in [0, 0.05) is 24.5 Å². The van der Waals surface area contributed by atoms with Crippen LogP contribution in [0.2, 0.25) is 0 Å². The second kappa shape index (κ2) is 7.81. The third-order valence-electron chi connectivity index (χ3n) is 4.15. The number of imidazole rings is 1. The molecule has 1 aromatic carbocycles. The van der Waals surface area contributed by atoms with E-state index in [2.05, 4.69) is 45.4 Å². The van der Waals surface area contributed by atoms with Gasteiger partial charge in [-0.05, 0) is 30.7 Å². The van der Waals surface area contributed by atoms with Gasteiger partial charge in [0.05, 0.1) is 30.9 Å². The lowest BCUT2D eigenvalue weighted by atomic mass is 10.1. The number of H-pyrrole nitrogens is 1. The fourth-order valence-electron chi connectivity index (χ4n) is 2.88. The number of aromatic amines is 1. The zero-order valence-electron chi connectivity index (χ0n) is 13.0. The Labute approximate surface area is 136 Å². The van der Waals surface area contributed by atoms with Crippen molar-refractivity contribution in [3.05, 3.63) is 48.0 Å². The molecule has 0 radical (unpaired) electrons. The van der Waals surface area contributed by atoms with E-state index in [4.69, 9.17) is 4.74 Å². The maximum Gasteiger partial charge on any atom is 0.0922 e. The molecule has 0 saturated carbocycles. The van der Waals surface area contributed by atoms with Crippen LogP contribution in [0.25, 0.3) is 0 Å². The molecule has 22 heavy (non-hydrogen) atoms. The molecular weight excluding hydrogens is 294 g/mol. The fourth-order valence-corrected chi connectivity index (χ4v) is 3.49. The number of nitrogens with one attached hydrogen (secondary N) is 1. The van der Waals surface area contributed by atoms with Crippen molar-refractivity contribution in [2.75, 3.05) is 19.3 Å². The number of ether oxygens (including phenoxy) is 1. The Bertz CT molecular complexity index is 565. The van der Waals surface area contributed by atoms with Crippen LogP contribution in [-0.2, 0) is 17.9 Å². The van der Waals surface area contributed by atoms with Gasteiger partial charge in [-0.15, -0.1) is 11.8 Å². The summed E-state index contributed by atoms with van der Waals surface area (Å²) in [6.07, 6.45) is 8.26. The van der Waals surface area contributed by atoms with Crippen molar-refractivity contribution in [2.24, 2.45) is 0 Å². The highest BCUT2D eigenvalue weighted by atomic mass is 32.2. The average molecular weight is 317 g/mol. The molecule has 0 spiro atoms. The number of thioether (sulfide) groups is 1. The second-order valence-electron chi connectivity index (χ2n) is 5.68. The molecule has 2 heterocycles. The Morgan fingerprint density at radius 1 is 1.32 bits per heavy atom. The lowest BCUT2D eigenvalue weighted by molar-refractivity contribution is -0.00522. The van der Waals surface area contributed by atoms with Gasteiger partial charge in [0.2, 0.25) is 0 Å². The molecule has 0 amide bonds. The first kappa shape index (κ1) is 15.6. The summed E-state index contributed by atoms with van der Waals surface area (Å²) in [6, 6.07) is 8.70. The topological polar surface area (TPSA) is 41.1 Å². The molecule has 1 aromatic heterocycles. The Balaban J connectivity index is 1.45. The summed E-state index contributed by atoms with van der Waals surface area (Å²) in [5, 5.41) is 0. The standard InChI is InChI=1S/C17H23N3OS/c1-22-17-5-3-2-4-14(17)11-20-8-6-16(7-9-20)21-12-15-10-18-13-19-15/h2-5,10,13,16H,6-9,11-12H2,1H3,(H,18,19). The Kier molecular flexibility index (Phi) is 5.53. The van der Waals surface area contributed by atoms with Crippen LogP contribution < -0.4 is 0 Å². The Morgan fingerprint density at radius 3 is 2.86 bits per heavy atom. The summed E-state index contributed by atoms with van der Waals surface area (Å²) >= 11 is 1.83. The number of rotatable bonds is 6. The maximum atomic E-state index is 5.97. The van der Waals surface area contributed by atoms with E-state index >= 15 is 0 Å². The molecule has 0 aliphatic carbocycles. The molecule has 0 bridgehead atoms. The van der Waals surface area contributed by atoms with E-state index in [1.807, 2.05) is 18.0 Å². The van der Waals surface area contributed by atoms with E-state index in [-0.39, 0.29) is 0 Å². The summed E-state index contributed by atoms with van der Waals surface area (Å²) in [5.74, 6) is 0. The number of hydrogen-bond donors (Lipinski definition) is 1. The van der Waals surface area contributed by atoms with Gasteiger partial charge >= 0.3 is 0 Å². The third kappa shape index (κ3) is 4.12. The van der Waals surface area contributed by atoms with Gasteiger partial charge < -0.3 is 9.72 Å². The molecule has 1 N–H and O–H groups in total. The molecule has 1 fully saturated rings. The van der Waals surface area contributed by atoms with Crippen molar-refractivity contribution >= 4 is 11.8 Å². The molecule has 1 aliphatic heterocycles. The van der Waals surface area contributed by atoms with Crippen molar-refractivity contribution in [2.45, 2.75) is 37.0 Å². The van der Waals surface area contributed by atoms with Crippen molar-refractivity contribution in [1.29, 1.82) is 0 Å². The number of hydrogen-bond acceptors (Lipinski definition) is 4. The molecule has 118 valence electrons. The minimum Gasteiger partial charge on any atom is -0.372 e. The minimum atomic E-state index is 0.371. The number of aromatic nitrogens is 2. The smallest absolute Gasteiger partial charge is 0.0922 e. The fraction of sp³-hybridized carbons (Fsp3) is 0.471. The van der Waals surface area contributed by atoms with Crippen LogP contribution >= 0.6 is 11.8 Å². The van der Waals surface area contributed by atoms with Crippen molar-refractivity contribution in [3.63, 3.8) is 0 Å². The lowest BCUT2D eigenvalue weighted by Gasteiger charge is -2.32. The van der Waals surface area contributed by atoms with E-state index in [1.165, 1.54) is 10.5 Å². The van der Waals surface area contributed by atoms with Crippen LogP contribution in [0.5, 0.6) is 0 Å². The highest BCUT2D eigenvalue weighted by molar-refractivity contribution is 7.98. The van der Waals surface area contributed by atoms with Crippen LogP contribution in [0.3, 0.4) is 0 Å². The van der Waals surface area contributed by atoms with Crippen LogP contribution in [0.4, 0.5) is 0 Å². The molecule has 0 atom stereocenters. The SMILES string of the molecule is CSc1ccccc1CN1CCC(OCc2cnc[nH]2)CC1. The van der Waals surface area contributed by atoms with Gasteiger partial charge in [0.25, 0.3) is 0 Å². The monoisotopic (exact) mass is 317 g/mol. The van der Waals surface area contributed by atoms with E-state index in [0.717, 1.165) is 38.2 Å². The van der Waals surface area contributed by atoms with E-state index in [0.29, 0.717) is 12.7 Å². The molecular formula is C17H23N3OS. The molecule has 0 unspecified atom stereocenters. The summed E-state index contributed by atoms with van der Waals surface area (Å²) < 4.78 is 5.97. The van der Waals surface area contributed by atoms with Crippen LogP contribution in [0.1, 0.15) is 24.1 Å². The zero-order chi connectivity index (χ0) is 15.2. The van der Waals surface area contributed by atoms with Crippen molar-refractivity contribution in [1.82, 2.24) is 14.9 Å². The molecule has 4 nitrogen and oxygen atoms in total. The number of benzene rings is 1. The van der Waals surface area contributed by atoms with Gasteiger partial charge in [-0.3, -0.25) is 4.90 Å². The summed E-state index contributed by atoms with van der Waals surface area (Å²) in [7, 11) is 0. The lowest BCUT2D eigenvalue weighted by Crippen LogP contribution is -2.36. The summed E-state index contributed by atoms with van der Waals surface area (Å²) in [4.78, 5) is 11.0. The maximum absolute atomic E-state index is 5.97. The quantitative estimate of drug-likeness (QED) is 0.830. The molecule has 1 saturated heterocycles. The van der Waals surface area contributed by atoms with Crippen LogP contribution in [0, 0.1) is 0 Å². The number of likely N-dealkylation sites (tertiary alicyclic amines) is 1. The second-order valence-corrected chi connectivity index (χ2v) is 6.52. The largest absolute Gasteiger partial charge is 0.372 e. The number of nitrogens with zero attached hydrogens (tertiary/aromatic N) is 2. The van der Waals surface area contributed by atoms with E-state index < -0.39 is 0 Å². The van der Waals surface area contributed by atoms with Gasteiger partial charge in [-0.1, -0.05) is 18.2 Å². The Morgan fingerprint density at radius 2 is 2.14 bits per heavy atom. The molecule has 5 heteroatoms. The molecule has 1 aliphatic rings. The summed E-state index contributed by atoms with van der Waals surface area (Å²) in [6.45, 7) is 3.90. The van der Waals surface area contributed by atoms with E-state index in [9.17, 15) is 0 Å². The van der Waals surface area contributed by atoms with Gasteiger partial charge in [-0.2, -0.15) is 0 Å². The first-order chi connectivity index (χ1) is 10.8. The van der Waals surface area contributed by atoms with Gasteiger partial charge in [0.15, 0.2) is 0 Å². The average Bonchev–Trinajstić information content (AvgIpc) is 3.08. The molecule has 3 rings (SSSR count). The predicted octanol–water partition coefficient (Wildman–Crippen LogP) is 3.31. The van der Waals surface area contributed by atoms with Crippen LogP contribution in [-0.4, -0.2) is 40.3 Å². The summed E-state index contributed by atoms with van der Waals surface area (Å²) in [5.41, 5.74) is 2.49. The minimum absolute atomic E-state index is 0.371. The van der Waals surface area contributed by atoms with Gasteiger partial charge in [0.1, 0.15) is 0 Å². The normalized spacial score (nSPS) is 17.0. The van der Waals surface area contributed by atoms with Crippen molar-refractivity contribution < 1.29 is 4.74 Å². The zero-order valence-corrected chi connectivity index (χ0v) is 13.8. The number of piperidine rings is 1. The van der Waals surface area contributed by atoms with Gasteiger partial charge in [-0.25, -0.2) is 4.98 Å².